The predicted octanol–water partition coefficient (Wildman–Crippen LogP) is 2.79. The fourth-order valence-electron chi connectivity index (χ4n) is 2.14. The third-order valence-electron chi connectivity index (χ3n) is 3.33. The first-order valence-electron chi connectivity index (χ1n) is 6.74. The lowest BCUT2D eigenvalue weighted by molar-refractivity contribution is 0.584. The molecule has 0 aliphatic carbocycles. The lowest BCUT2D eigenvalue weighted by atomic mass is 10.2. The van der Waals surface area contributed by atoms with Crippen molar-refractivity contribution in [3.63, 3.8) is 0 Å². The van der Waals surface area contributed by atoms with E-state index in [1.165, 1.54) is 6.21 Å². The molecule has 3 rings (SSSR count). The molecule has 0 bridgehead atoms. The first-order valence-corrected chi connectivity index (χ1v) is 8.22. The summed E-state index contributed by atoms with van der Waals surface area (Å²) < 4.78 is 24.2. The zero-order valence-electron chi connectivity index (χ0n) is 11.9. The number of fused-ring (bicyclic) bond motifs is 1. The third-order valence-corrected chi connectivity index (χ3v) is 4.57. The summed E-state index contributed by atoms with van der Waals surface area (Å²) in [5, 5.41) is 4.84. The summed E-state index contributed by atoms with van der Waals surface area (Å²) >= 11 is 0. The number of aromatic nitrogens is 1. The van der Waals surface area contributed by atoms with Crippen LogP contribution in [0.25, 0.3) is 10.9 Å². The molecule has 112 valence electrons. The standard InChI is InChI=1S/C16H15N3O2S/c1-12-6-8-14(9-7-12)22(20,21)19-18-11-13-10-17-16-5-3-2-4-15(13)16/h2-11,17,19H,1H3/b18-11-. The van der Waals surface area contributed by atoms with Gasteiger partial charge in [-0.1, -0.05) is 35.9 Å². The molecule has 1 heterocycles. The van der Waals surface area contributed by atoms with E-state index in [-0.39, 0.29) is 4.90 Å². The Morgan fingerprint density at radius 1 is 1.09 bits per heavy atom. The maximum atomic E-state index is 12.1. The molecule has 0 saturated carbocycles. The SMILES string of the molecule is Cc1ccc(S(=O)(=O)N/N=C\c2c[nH]c3ccccc23)cc1. The van der Waals surface area contributed by atoms with Crippen molar-refractivity contribution in [2.45, 2.75) is 11.8 Å². The van der Waals surface area contributed by atoms with Gasteiger partial charge in [-0.25, -0.2) is 4.83 Å². The minimum absolute atomic E-state index is 0.189. The van der Waals surface area contributed by atoms with E-state index in [4.69, 9.17) is 0 Å². The van der Waals surface area contributed by atoms with Crippen LogP contribution in [-0.2, 0) is 10.0 Å². The quantitative estimate of drug-likeness (QED) is 0.574. The number of nitrogens with one attached hydrogen (secondary N) is 2. The molecule has 0 radical (unpaired) electrons. The van der Waals surface area contributed by atoms with E-state index in [0.717, 1.165) is 22.0 Å². The molecule has 5 nitrogen and oxygen atoms in total. The molecule has 2 aromatic carbocycles. The van der Waals surface area contributed by atoms with Crippen molar-refractivity contribution in [1.29, 1.82) is 0 Å². The second-order valence-electron chi connectivity index (χ2n) is 4.96. The number of benzene rings is 2. The van der Waals surface area contributed by atoms with E-state index in [1.807, 2.05) is 31.2 Å². The van der Waals surface area contributed by atoms with Crippen molar-refractivity contribution in [3.8, 4) is 0 Å². The maximum absolute atomic E-state index is 12.1. The number of nitrogens with zero attached hydrogens (tertiary/aromatic N) is 1. The van der Waals surface area contributed by atoms with Crippen molar-refractivity contribution >= 4 is 27.1 Å². The van der Waals surface area contributed by atoms with Gasteiger partial charge in [-0.05, 0) is 25.1 Å². The van der Waals surface area contributed by atoms with Crippen LogP contribution >= 0.6 is 0 Å². The minimum atomic E-state index is -3.64. The Morgan fingerprint density at radius 3 is 2.59 bits per heavy atom. The van der Waals surface area contributed by atoms with Crippen LogP contribution in [0.3, 0.4) is 0 Å². The van der Waals surface area contributed by atoms with Gasteiger partial charge in [0.05, 0.1) is 11.1 Å². The third kappa shape index (κ3) is 2.87. The number of aryl methyl sites for hydroxylation is 1. The van der Waals surface area contributed by atoms with Gasteiger partial charge in [0, 0.05) is 22.7 Å². The van der Waals surface area contributed by atoms with Gasteiger partial charge >= 0.3 is 0 Å². The van der Waals surface area contributed by atoms with Crippen LogP contribution in [-0.4, -0.2) is 19.6 Å². The summed E-state index contributed by atoms with van der Waals surface area (Å²) in [4.78, 5) is 5.52. The van der Waals surface area contributed by atoms with Gasteiger partial charge in [0.1, 0.15) is 0 Å². The molecule has 6 heteroatoms. The van der Waals surface area contributed by atoms with Crippen molar-refractivity contribution in [3.05, 3.63) is 65.9 Å². The van der Waals surface area contributed by atoms with Crippen LogP contribution in [0, 0.1) is 6.92 Å². The van der Waals surface area contributed by atoms with Gasteiger partial charge in [0.15, 0.2) is 0 Å². The summed E-state index contributed by atoms with van der Waals surface area (Å²) in [6.07, 6.45) is 3.28. The summed E-state index contributed by atoms with van der Waals surface area (Å²) in [6.45, 7) is 1.90. The largest absolute Gasteiger partial charge is 0.361 e. The van der Waals surface area contributed by atoms with Crippen LogP contribution < -0.4 is 4.83 Å². The van der Waals surface area contributed by atoms with Gasteiger partial charge in [0.2, 0.25) is 0 Å². The Labute approximate surface area is 128 Å². The van der Waals surface area contributed by atoms with E-state index < -0.39 is 10.0 Å². The van der Waals surface area contributed by atoms with E-state index in [1.54, 1.807) is 30.5 Å². The highest BCUT2D eigenvalue weighted by molar-refractivity contribution is 7.89. The van der Waals surface area contributed by atoms with Crippen molar-refractivity contribution < 1.29 is 8.42 Å². The highest BCUT2D eigenvalue weighted by atomic mass is 32.2. The molecule has 1 aromatic heterocycles. The van der Waals surface area contributed by atoms with E-state index in [0.29, 0.717) is 0 Å². The molecule has 0 aliphatic heterocycles. The first kappa shape index (κ1) is 14.3. The van der Waals surface area contributed by atoms with Gasteiger partial charge in [-0.2, -0.15) is 13.5 Å². The zero-order valence-corrected chi connectivity index (χ0v) is 12.8. The Hall–Kier alpha value is -2.60. The van der Waals surface area contributed by atoms with Crippen LogP contribution in [0.1, 0.15) is 11.1 Å². The molecule has 0 fully saturated rings. The molecular formula is C16H15N3O2S. The van der Waals surface area contributed by atoms with Crippen LogP contribution in [0.5, 0.6) is 0 Å². The van der Waals surface area contributed by atoms with Crippen molar-refractivity contribution in [2.24, 2.45) is 5.10 Å². The van der Waals surface area contributed by atoms with E-state index >= 15 is 0 Å². The van der Waals surface area contributed by atoms with Gasteiger partial charge in [-0.3, -0.25) is 0 Å². The average Bonchev–Trinajstić information content (AvgIpc) is 2.91. The second kappa shape index (κ2) is 5.65. The molecule has 0 aliphatic rings. The molecule has 0 amide bonds. The number of hydrazone groups is 1. The Bertz CT molecular complexity index is 925. The minimum Gasteiger partial charge on any atom is -0.361 e. The average molecular weight is 313 g/mol. The normalized spacial score (nSPS) is 12.0. The molecule has 0 saturated heterocycles. The Kier molecular flexibility index (Phi) is 3.68. The fraction of sp³-hybridized carbons (Fsp3) is 0.0625. The molecule has 0 atom stereocenters. The second-order valence-corrected chi connectivity index (χ2v) is 6.62. The molecular weight excluding hydrogens is 298 g/mol. The van der Waals surface area contributed by atoms with Gasteiger partial charge < -0.3 is 4.98 Å². The van der Waals surface area contributed by atoms with Crippen LogP contribution in [0.2, 0.25) is 0 Å². The van der Waals surface area contributed by atoms with Crippen LogP contribution in [0.4, 0.5) is 0 Å². The van der Waals surface area contributed by atoms with Gasteiger partial charge in [-0.15, -0.1) is 0 Å². The van der Waals surface area contributed by atoms with Crippen molar-refractivity contribution in [1.82, 2.24) is 9.82 Å². The van der Waals surface area contributed by atoms with Crippen LogP contribution in [0.15, 0.2) is 64.7 Å². The number of hydrogen-bond donors (Lipinski definition) is 2. The van der Waals surface area contributed by atoms with E-state index in [9.17, 15) is 8.42 Å². The monoisotopic (exact) mass is 313 g/mol. The Balaban J connectivity index is 1.80. The lowest BCUT2D eigenvalue weighted by Gasteiger charge is -2.03. The van der Waals surface area contributed by atoms with Gasteiger partial charge in [0.25, 0.3) is 10.0 Å². The number of sulfonamides is 1. The molecule has 0 unspecified atom stereocenters. The number of aromatic amines is 1. The fourth-order valence-corrected chi connectivity index (χ4v) is 2.93. The Morgan fingerprint density at radius 2 is 1.82 bits per heavy atom. The summed E-state index contributed by atoms with van der Waals surface area (Å²) in [5.41, 5.74) is 2.80. The molecule has 22 heavy (non-hydrogen) atoms. The topological polar surface area (TPSA) is 74.3 Å². The maximum Gasteiger partial charge on any atom is 0.276 e. The number of para-hydroxylation sites is 1. The number of rotatable bonds is 4. The lowest BCUT2D eigenvalue weighted by Crippen LogP contribution is -2.18. The number of hydrogen-bond acceptors (Lipinski definition) is 3. The molecule has 2 N–H and O–H groups in total. The summed E-state index contributed by atoms with van der Waals surface area (Å²) in [7, 11) is -3.64. The predicted molar refractivity (Wildman–Crippen MR) is 87.4 cm³/mol. The van der Waals surface area contributed by atoms with E-state index in [2.05, 4.69) is 14.9 Å². The summed E-state index contributed by atoms with van der Waals surface area (Å²) in [6, 6.07) is 14.3. The highest BCUT2D eigenvalue weighted by Gasteiger charge is 2.11. The zero-order chi connectivity index (χ0) is 15.6. The summed E-state index contributed by atoms with van der Waals surface area (Å²) in [5.74, 6) is 0. The smallest absolute Gasteiger partial charge is 0.276 e. The molecule has 0 spiro atoms. The first-order chi connectivity index (χ1) is 10.6. The number of H-pyrrole nitrogens is 1. The highest BCUT2D eigenvalue weighted by Crippen LogP contribution is 2.15. The van der Waals surface area contributed by atoms with Crippen molar-refractivity contribution in [2.75, 3.05) is 0 Å². The molecule has 3 aromatic rings.